The first-order valence-electron chi connectivity index (χ1n) is 4.77. The molecular weight excluding hydrogens is 134 g/mol. The summed E-state index contributed by atoms with van der Waals surface area (Å²) in [5, 5.41) is 3.32. The Balaban J connectivity index is 2.02. The minimum Gasteiger partial charge on any atom is -0.309 e. The minimum atomic E-state index is 0.951. The molecule has 2 fully saturated rings. The SMILES string of the molecule is CC1CCCC(=C2CNC2)C1. The van der Waals surface area contributed by atoms with Gasteiger partial charge in [-0.05, 0) is 30.8 Å². The van der Waals surface area contributed by atoms with Crippen molar-refractivity contribution in [2.24, 2.45) is 5.92 Å². The van der Waals surface area contributed by atoms with E-state index in [1.807, 2.05) is 0 Å². The lowest BCUT2D eigenvalue weighted by Gasteiger charge is -2.28. The van der Waals surface area contributed by atoms with Gasteiger partial charge in [-0.15, -0.1) is 0 Å². The maximum Gasteiger partial charge on any atom is 0.0183 e. The Kier molecular flexibility index (Phi) is 1.99. The fraction of sp³-hybridized carbons (Fsp3) is 0.800. The van der Waals surface area contributed by atoms with E-state index < -0.39 is 0 Å². The first kappa shape index (κ1) is 7.35. The third-order valence-electron chi connectivity index (χ3n) is 2.95. The van der Waals surface area contributed by atoms with Crippen molar-refractivity contribution < 1.29 is 0 Å². The standard InChI is InChI=1S/C10H17N/c1-8-3-2-4-9(5-8)10-6-11-7-10/h8,11H,2-7H2,1H3. The third-order valence-corrected chi connectivity index (χ3v) is 2.95. The van der Waals surface area contributed by atoms with Gasteiger partial charge >= 0.3 is 0 Å². The zero-order valence-electron chi connectivity index (χ0n) is 7.32. The normalized spacial score (nSPS) is 31.9. The molecule has 1 saturated heterocycles. The van der Waals surface area contributed by atoms with Crippen LogP contribution >= 0.6 is 0 Å². The summed E-state index contributed by atoms with van der Waals surface area (Å²) in [7, 11) is 0. The molecule has 1 heteroatoms. The number of allylic oxidation sites excluding steroid dienone is 1. The van der Waals surface area contributed by atoms with E-state index in [0.29, 0.717) is 0 Å². The Hall–Kier alpha value is -0.300. The molecule has 1 saturated carbocycles. The predicted molar refractivity (Wildman–Crippen MR) is 47.5 cm³/mol. The van der Waals surface area contributed by atoms with Crippen molar-refractivity contribution in [1.82, 2.24) is 5.32 Å². The van der Waals surface area contributed by atoms with Crippen LogP contribution in [0, 0.1) is 5.92 Å². The van der Waals surface area contributed by atoms with Crippen molar-refractivity contribution >= 4 is 0 Å². The molecule has 0 aromatic heterocycles. The highest BCUT2D eigenvalue weighted by Gasteiger charge is 2.18. The molecule has 2 rings (SSSR count). The summed E-state index contributed by atoms with van der Waals surface area (Å²) < 4.78 is 0. The van der Waals surface area contributed by atoms with E-state index in [1.165, 1.54) is 38.8 Å². The van der Waals surface area contributed by atoms with Gasteiger partial charge in [0.25, 0.3) is 0 Å². The van der Waals surface area contributed by atoms with E-state index in [4.69, 9.17) is 0 Å². The molecular formula is C10H17N. The summed E-state index contributed by atoms with van der Waals surface area (Å²) in [5.74, 6) is 0.951. The fourth-order valence-corrected chi connectivity index (χ4v) is 2.11. The van der Waals surface area contributed by atoms with E-state index >= 15 is 0 Å². The smallest absolute Gasteiger partial charge is 0.0183 e. The van der Waals surface area contributed by atoms with Gasteiger partial charge in [0.2, 0.25) is 0 Å². The molecule has 1 N–H and O–H groups in total. The van der Waals surface area contributed by atoms with Crippen molar-refractivity contribution in [3.8, 4) is 0 Å². The highest BCUT2D eigenvalue weighted by molar-refractivity contribution is 5.24. The highest BCUT2D eigenvalue weighted by atomic mass is 14.9. The maximum atomic E-state index is 3.32. The van der Waals surface area contributed by atoms with Crippen LogP contribution in [0.2, 0.25) is 0 Å². The third kappa shape index (κ3) is 1.48. The zero-order chi connectivity index (χ0) is 7.68. The molecule has 0 bridgehead atoms. The fourth-order valence-electron chi connectivity index (χ4n) is 2.11. The van der Waals surface area contributed by atoms with E-state index in [0.717, 1.165) is 5.92 Å². The number of rotatable bonds is 0. The molecule has 1 heterocycles. The molecule has 11 heavy (non-hydrogen) atoms. The lowest BCUT2D eigenvalue weighted by atomic mass is 9.83. The molecule has 0 radical (unpaired) electrons. The quantitative estimate of drug-likeness (QED) is 0.523. The van der Waals surface area contributed by atoms with Crippen molar-refractivity contribution in [2.75, 3.05) is 13.1 Å². The van der Waals surface area contributed by atoms with Gasteiger partial charge in [-0.25, -0.2) is 0 Å². The molecule has 2 aliphatic rings. The summed E-state index contributed by atoms with van der Waals surface area (Å²) in [5.41, 5.74) is 3.50. The number of nitrogens with one attached hydrogen (secondary N) is 1. The second-order valence-electron chi connectivity index (χ2n) is 4.01. The van der Waals surface area contributed by atoms with Gasteiger partial charge in [-0.3, -0.25) is 0 Å². The van der Waals surface area contributed by atoms with Crippen LogP contribution < -0.4 is 5.32 Å². The zero-order valence-corrected chi connectivity index (χ0v) is 7.32. The van der Waals surface area contributed by atoms with Crippen LogP contribution in [0.25, 0.3) is 0 Å². The minimum absolute atomic E-state index is 0.951. The van der Waals surface area contributed by atoms with Crippen LogP contribution in [0.5, 0.6) is 0 Å². The second-order valence-corrected chi connectivity index (χ2v) is 4.01. The molecule has 0 aromatic carbocycles. The number of hydrogen-bond donors (Lipinski definition) is 1. The summed E-state index contributed by atoms with van der Waals surface area (Å²) >= 11 is 0. The molecule has 1 aliphatic heterocycles. The van der Waals surface area contributed by atoms with Crippen LogP contribution in [0.15, 0.2) is 11.1 Å². The lowest BCUT2D eigenvalue weighted by Crippen LogP contribution is -2.35. The maximum absolute atomic E-state index is 3.32. The molecule has 1 aliphatic carbocycles. The molecule has 0 aromatic rings. The topological polar surface area (TPSA) is 12.0 Å². The Morgan fingerprint density at radius 2 is 2.09 bits per heavy atom. The van der Waals surface area contributed by atoms with Crippen LogP contribution in [0.1, 0.15) is 32.6 Å². The summed E-state index contributed by atoms with van der Waals surface area (Å²) in [6.45, 7) is 4.75. The van der Waals surface area contributed by atoms with Gasteiger partial charge in [0.1, 0.15) is 0 Å². The molecule has 1 nitrogen and oxygen atoms in total. The Morgan fingerprint density at radius 1 is 1.27 bits per heavy atom. The van der Waals surface area contributed by atoms with Gasteiger partial charge in [-0.2, -0.15) is 0 Å². The van der Waals surface area contributed by atoms with Crippen LogP contribution in [-0.2, 0) is 0 Å². The molecule has 1 atom stereocenters. The van der Waals surface area contributed by atoms with E-state index in [-0.39, 0.29) is 0 Å². The van der Waals surface area contributed by atoms with Gasteiger partial charge in [0.05, 0.1) is 0 Å². The Labute approximate surface area is 68.9 Å². The predicted octanol–water partition coefficient (Wildman–Crippen LogP) is 2.10. The average Bonchev–Trinajstić information content (AvgIpc) is 1.83. The van der Waals surface area contributed by atoms with Gasteiger partial charge < -0.3 is 5.32 Å². The van der Waals surface area contributed by atoms with Crippen molar-refractivity contribution in [3.05, 3.63) is 11.1 Å². The van der Waals surface area contributed by atoms with Crippen molar-refractivity contribution in [2.45, 2.75) is 32.6 Å². The van der Waals surface area contributed by atoms with Crippen molar-refractivity contribution in [3.63, 3.8) is 0 Å². The van der Waals surface area contributed by atoms with E-state index in [2.05, 4.69) is 12.2 Å². The first-order chi connectivity index (χ1) is 5.36. The molecule has 0 amide bonds. The van der Waals surface area contributed by atoms with Crippen LogP contribution in [0.4, 0.5) is 0 Å². The van der Waals surface area contributed by atoms with E-state index in [9.17, 15) is 0 Å². The number of hydrogen-bond acceptors (Lipinski definition) is 1. The van der Waals surface area contributed by atoms with Crippen molar-refractivity contribution in [1.29, 1.82) is 0 Å². The van der Waals surface area contributed by atoms with Crippen LogP contribution in [0.3, 0.4) is 0 Å². The Bertz CT molecular complexity index is 175. The summed E-state index contributed by atoms with van der Waals surface area (Å²) in [6, 6.07) is 0. The lowest BCUT2D eigenvalue weighted by molar-refractivity contribution is 0.442. The first-order valence-corrected chi connectivity index (χ1v) is 4.77. The molecule has 62 valence electrons. The van der Waals surface area contributed by atoms with E-state index in [1.54, 1.807) is 11.1 Å². The summed E-state index contributed by atoms with van der Waals surface area (Å²) in [6.07, 6.45) is 5.66. The molecule has 0 spiro atoms. The largest absolute Gasteiger partial charge is 0.309 e. The Morgan fingerprint density at radius 3 is 2.64 bits per heavy atom. The van der Waals surface area contributed by atoms with Crippen LogP contribution in [-0.4, -0.2) is 13.1 Å². The highest BCUT2D eigenvalue weighted by Crippen LogP contribution is 2.30. The average molecular weight is 151 g/mol. The summed E-state index contributed by atoms with van der Waals surface area (Å²) in [4.78, 5) is 0. The monoisotopic (exact) mass is 151 g/mol. The second kappa shape index (κ2) is 2.98. The van der Waals surface area contributed by atoms with Gasteiger partial charge in [0, 0.05) is 13.1 Å². The molecule has 1 unspecified atom stereocenters. The van der Waals surface area contributed by atoms with Gasteiger partial charge in [0.15, 0.2) is 0 Å². The van der Waals surface area contributed by atoms with Gasteiger partial charge in [-0.1, -0.05) is 18.9 Å².